The Morgan fingerprint density at radius 3 is 2.69 bits per heavy atom. The number of carbonyl (C=O) groups excluding carboxylic acids is 1. The molecule has 1 aliphatic carbocycles. The average Bonchev–Trinajstić information content (AvgIpc) is 2.83. The molecule has 5 rings (SSSR count). The summed E-state index contributed by atoms with van der Waals surface area (Å²) in [6.07, 6.45) is 4.80. The molecule has 2 N–H and O–H groups in total. The highest BCUT2D eigenvalue weighted by Crippen LogP contribution is 2.48. The van der Waals surface area contributed by atoms with E-state index < -0.39 is 0 Å². The van der Waals surface area contributed by atoms with Gasteiger partial charge in [-0.3, -0.25) is 4.98 Å². The molecule has 10 heteroatoms. The molecule has 1 saturated carbocycles. The van der Waals surface area contributed by atoms with Crippen molar-refractivity contribution in [1.29, 1.82) is 0 Å². The van der Waals surface area contributed by atoms with E-state index >= 15 is 0 Å². The number of anilines is 1. The van der Waals surface area contributed by atoms with Crippen molar-refractivity contribution in [3.05, 3.63) is 41.6 Å². The van der Waals surface area contributed by atoms with Crippen molar-refractivity contribution in [2.24, 2.45) is 0 Å². The normalized spacial score (nSPS) is 14.8. The molecule has 3 aromatic rings. The molecule has 0 radical (unpaired) electrons. The molecule has 1 aliphatic heterocycles. The van der Waals surface area contributed by atoms with Gasteiger partial charge in [0, 0.05) is 31.5 Å². The topological polar surface area (TPSA) is 100 Å². The van der Waals surface area contributed by atoms with Crippen LogP contribution in [-0.4, -0.2) is 50.6 Å². The van der Waals surface area contributed by atoms with Gasteiger partial charge in [-0.25, -0.2) is 4.79 Å². The summed E-state index contributed by atoms with van der Waals surface area (Å²) >= 11 is 6.43. The van der Waals surface area contributed by atoms with Crippen molar-refractivity contribution < 1.29 is 28.5 Å². The number of rotatable bonds is 8. The molecule has 0 bridgehead atoms. The van der Waals surface area contributed by atoms with Crippen LogP contribution >= 0.6 is 11.6 Å². The Labute approximate surface area is 207 Å². The first-order valence-electron chi connectivity index (χ1n) is 11.5. The van der Waals surface area contributed by atoms with Gasteiger partial charge in [-0.15, -0.1) is 0 Å². The Balaban J connectivity index is 1.40. The van der Waals surface area contributed by atoms with Crippen LogP contribution in [0.15, 0.2) is 36.5 Å². The maximum absolute atomic E-state index is 12.2. The zero-order chi connectivity index (χ0) is 24.2. The minimum atomic E-state index is -0.266. The quantitative estimate of drug-likeness (QED) is 0.413. The second-order valence-electron chi connectivity index (χ2n) is 8.24. The molecule has 184 valence electrons. The lowest BCUT2D eigenvalue weighted by atomic mass is 9.93. The number of methoxy groups -OCH3 is 1. The lowest BCUT2D eigenvalue weighted by Crippen LogP contribution is -2.41. The number of carbonyl (C=O) groups is 1. The van der Waals surface area contributed by atoms with E-state index in [4.69, 9.17) is 35.3 Å². The van der Waals surface area contributed by atoms with Crippen molar-refractivity contribution in [3.63, 3.8) is 0 Å². The van der Waals surface area contributed by atoms with E-state index in [2.05, 4.69) is 15.6 Å². The van der Waals surface area contributed by atoms with Crippen LogP contribution in [0.1, 0.15) is 19.3 Å². The Morgan fingerprint density at radius 2 is 1.94 bits per heavy atom. The lowest BCUT2D eigenvalue weighted by molar-refractivity contribution is 0.134. The number of amides is 2. The molecular weight excluding hydrogens is 474 g/mol. The number of halogens is 1. The van der Waals surface area contributed by atoms with Crippen molar-refractivity contribution in [2.45, 2.75) is 25.3 Å². The molecule has 1 aromatic heterocycles. The fourth-order valence-corrected chi connectivity index (χ4v) is 4.10. The fourth-order valence-electron chi connectivity index (χ4n) is 3.89. The number of pyridine rings is 1. The van der Waals surface area contributed by atoms with Gasteiger partial charge in [-0.1, -0.05) is 11.6 Å². The third-order valence-corrected chi connectivity index (χ3v) is 6.16. The number of ether oxygens (including phenoxy) is 5. The second kappa shape index (κ2) is 10.5. The van der Waals surface area contributed by atoms with Crippen LogP contribution in [0.25, 0.3) is 10.9 Å². The second-order valence-corrected chi connectivity index (χ2v) is 8.65. The summed E-state index contributed by atoms with van der Waals surface area (Å²) < 4.78 is 28.9. The summed E-state index contributed by atoms with van der Waals surface area (Å²) in [7, 11) is 1.61. The SMILES string of the molecule is COCCOc1cc2nccc(Oc3ccc(NC(=O)NC4CCC4)c(Cl)c3)c2c2c1OCCO2. The van der Waals surface area contributed by atoms with E-state index in [-0.39, 0.29) is 12.1 Å². The molecular formula is C25H26ClN3O6. The van der Waals surface area contributed by atoms with Crippen LogP contribution in [-0.2, 0) is 4.74 Å². The van der Waals surface area contributed by atoms with Crippen molar-refractivity contribution in [2.75, 3.05) is 38.9 Å². The maximum Gasteiger partial charge on any atom is 0.319 e. The molecule has 0 unspecified atom stereocenters. The molecule has 2 aromatic carbocycles. The standard InChI is InChI=1S/C25H26ClN3O6/c1-31-9-10-32-21-14-19-22(24-23(21)33-11-12-34-24)20(7-8-27-19)35-16-5-6-18(17(26)13-16)29-25(30)28-15-3-2-4-15/h5-8,13-15H,2-4,9-12H2,1H3,(H2,28,29,30). The smallest absolute Gasteiger partial charge is 0.319 e. The van der Waals surface area contributed by atoms with E-state index in [1.165, 1.54) is 0 Å². The number of hydrogen-bond donors (Lipinski definition) is 2. The minimum absolute atomic E-state index is 0.236. The van der Waals surface area contributed by atoms with Crippen LogP contribution in [0.3, 0.4) is 0 Å². The predicted octanol–water partition coefficient (Wildman–Crippen LogP) is 5.15. The summed E-state index contributed by atoms with van der Waals surface area (Å²) in [4.78, 5) is 16.6. The van der Waals surface area contributed by atoms with Gasteiger partial charge in [0.1, 0.15) is 31.3 Å². The molecule has 0 atom stereocenters. The van der Waals surface area contributed by atoms with Crippen LogP contribution < -0.4 is 29.6 Å². The van der Waals surface area contributed by atoms with E-state index in [9.17, 15) is 4.79 Å². The maximum atomic E-state index is 12.2. The number of benzene rings is 2. The molecule has 0 spiro atoms. The molecule has 1 fully saturated rings. The highest BCUT2D eigenvalue weighted by molar-refractivity contribution is 6.33. The molecule has 35 heavy (non-hydrogen) atoms. The first kappa shape index (κ1) is 23.3. The Morgan fingerprint density at radius 1 is 1.11 bits per heavy atom. The Bertz CT molecular complexity index is 1230. The summed E-state index contributed by atoms with van der Waals surface area (Å²) in [5.41, 5.74) is 1.14. The van der Waals surface area contributed by atoms with E-state index in [1.54, 1.807) is 43.6 Å². The van der Waals surface area contributed by atoms with E-state index in [0.717, 1.165) is 19.3 Å². The van der Waals surface area contributed by atoms with Gasteiger partial charge in [-0.05, 0) is 37.5 Å². The van der Waals surface area contributed by atoms with E-state index in [0.29, 0.717) is 76.8 Å². The first-order valence-corrected chi connectivity index (χ1v) is 11.9. The number of nitrogens with zero attached hydrogens (tertiary/aromatic N) is 1. The van der Waals surface area contributed by atoms with Gasteiger partial charge >= 0.3 is 6.03 Å². The number of nitrogens with one attached hydrogen (secondary N) is 2. The monoisotopic (exact) mass is 499 g/mol. The van der Waals surface area contributed by atoms with Crippen molar-refractivity contribution in [1.82, 2.24) is 10.3 Å². The lowest BCUT2D eigenvalue weighted by Gasteiger charge is -2.26. The van der Waals surface area contributed by atoms with Crippen LogP contribution in [0.4, 0.5) is 10.5 Å². The largest absolute Gasteiger partial charge is 0.487 e. The van der Waals surface area contributed by atoms with Crippen molar-refractivity contribution >= 4 is 34.2 Å². The molecule has 2 aliphatic rings. The third kappa shape index (κ3) is 5.16. The average molecular weight is 500 g/mol. The fraction of sp³-hybridized carbons (Fsp3) is 0.360. The van der Waals surface area contributed by atoms with Gasteiger partial charge in [0.2, 0.25) is 5.75 Å². The van der Waals surface area contributed by atoms with Crippen LogP contribution in [0.2, 0.25) is 5.02 Å². The van der Waals surface area contributed by atoms with Gasteiger partial charge in [0.05, 0.1) is 28.2 Å². The van der Waals surface area contributed by atoms with Crippen LogP contribution in [0.5, 0.6) is 28.7 Å². The van der Waals surface area contributed by atoms with Gasteiger partial charge in [-0.2, -0.15) is 0 Å². The van der Waals surface area contributed by atoms with Gasteiger partial charge < -0.3 is 34.3 Å². The number of hydrogen-bond acceptors (Lipinski definition) is 7. The molecule has 0 saturated heterocycles. The zero-order valence-electron chi connectivity index (χ0n) is 19.3. The highest BCUT2D eigenvalue weighted by Gasteiger charge is 2.25. The third-order valence-electron chi connectivity index (χ3n) is 5.85. The van der Waals surface area contributed by atoms with Crippen LogP contribution in [0, 0.1) is 0 Å². The first-order chi connectivity index (χ1) is 17.1. The van der Waals surface area contributed by atoms with Crippen molar-refractivity contribution in [3.8, 4) is 28.7 Å². The number of aromatic nitrogens is 1. The number of fused-ring (bicyclic) bond motifs is 3. The Hall–Kier alpha value is -3.43. The summed E-state index contributed by atoms with van der Waals surface area (Å²) in [5.74, 6) is 2.58. The minimum Gasteiger partial charge on any atom is -0.487 e. The summed E-state index contributed by atoms with van der Waals surface area (Å²) in [6.45, 7) is 1.62. The van der Waals surface area contributed by atoms with Gasteiger partial charge in [0.25, 0.3) is 0 Å². The zero-order valence-corrected chi connectivity index (χ0v) is 20.0. The molecule has 2 heterocycles. The molecule has 9 nitrogen and oxygen atoms in total. The predicted molar refractivity (Wildman–Crippen MR) is 131 cm³/mol. The Kier molecular flexibility index (Phi) is 6.96. The highest BCUT2D eigenvalue weighted by atomic mass is 35.5. The summed E-state index contributed by atoms with van der Waals surface area (Å²) in [6, 6.07) is 8.61. The summed E-state index contributed by atoms with van der Waals surface area (Å²) in [5, 5.41) is 6.74. The molecule has 2 amide bonds. The number of urea groups is 1. The van der Waals surface area contributed by atoms with E-state index in [1.807, 2.05) is 0 Å². The van der Waals surface area contributed by atoms with Gasteiger partial charge in [0.15, 0.2) is 11.5 Å².